The third-order valence-corrected chi connectivity index (χ3v) is 1.71. The minimum absolute atomic E-state index is 0.241. The lowest BCUT2D eigenvalue weighted by Crippen LogP contribution is -2.13. The number of hydrogen-bond acceptors (Lipinski definition) is 3. The fourth-order valence-electron chi connectivity index (χ4n) is 0.766. The average molecular weight is 231 g/mol. The largest absolute Gasteiger partial charge is 0.480 e. The van der Waals surface area contributed by atoms with Gasteiger partial charge in [-0.05, 0) is 22.0 Å². The van der Waals surface area contributed by atoms with Gasteiger partial charge in [0.15, 0.2) is 0 Å². The molecule has 12 heavy (non-hydrogen) atoms. The van der Waals surface area contributed by atoms with Crippen molar-refractivity contribution in [3.05, 3.63) is 22.3 Å². The van der Waals surface area contributed by atoms with Crippen LogP contribution in [0.4, 0.5) is 0 Å². The monoisotopic (exact) mass is 230 g/mol. The molecule has 0 atom stereocenters. The molecular weight excluding hydrogens is 224 g/mol. The highest BCUT2D eigenvalue weighted by Crippen LogP contribution is 2.18. The maximum Gasteiger partial charge on any atom is 0.254 e. The number of pyridine rings is 1. The molecule has 0 aliphatic carbocycles. The molecule has 1 aromatic heterocycles. The molecule has 0 bridgehead atoms. The van der Waals surface area contributed by atoms with E-state index in [9.17, 15) is 4.79 Å². The number of methoxy groups -OCH3 is 1. The summed E-state index contributed by atoms with van der Waals surface area (Å²) >= 11 is 3.17. The summed E-state index contributed by atoms with van der Waals surface area (Å²) in [5.74, 6) is -0.314. The fourth-order valence-corrected chi connectivity index (χ4v) is 1.10. The molecule has 0 spiro atoms. The Balaban J connectivity index is 3.21. The van der Waals surface area contributed by atoms with Crippen LogP contribution >= 0.6 is 15.9 Å². The molecule has 0 saturated carbocycles. The van der Waals surface area contributed by atoms with Crippen LogP contribution in [0.3, 0.4) is 0 Å². The Hall–Kier alpha value is -1.10. The van der Waals surface area contributed by atoms with Crippen LogP contribution < -0.4 is 10.5 Å². The first kappa shape index (κ1) is 8.99. The van der Waals surface area contributed by atoms with Crippen molar-refractivity contribution < 1.29 is 9.53 Å². The van der Waals surface area contributed by atoms with Gasteiger partial charge < -0.3 is 10.5 Å². The normalized spacial score (nSPS) is 9.50. The summed E-state index contributed by atoms with van der Waals surface area (Å²) in [4.78, 5) is 14.7. The van der Waals surface area contributed by atoms with E-state index in [-0.39, 0.29) is 11.4 Å². The Kier molecular flexibility index (Phi) is 2.65. The van der Waals surface area contributed by atoms with Crippen LogP contribution in [0.25, 0.3) is 0 Å². The maximum atomic E-state index is 10.8. The van der Waals surface area contributed by atoms with Gasteiger partial charge in [-0.25, -0.2) is 4.98 Å². The summed E-state index contributed by atoms with van der Waals surface area (Å²) in [7, 11) is 1.43. The van der Waals surface area contributed by atoms with Crippen LogP contribution in [-0.4, -0.2) is 18.0 Å². The van der Waals surface area contributed by atoms with E-state index in [0.29, 0.717) is 4.47 Å². The average Bonchev–Trinajstić information content (AvgIpc) is 2.04. The number of halogens is 1. The number of primary amides is 1. The second kappa shape index (κ2) is 3.53. The number of hydrogen-bond donors (Lipinski definition) is 1. The fraction of sp³-hybridized carbons (Fsp3) is 0.143. The van der Waals surface area contributed by atoms with Crippen molar-refractivity contribution in [2.45, 2.75) is 0 Å². The molecule has 0 aliphatic heterocycles. The van der Waals surface area contributed by atoms with Gasteiger partial charge in [0.25, 0.3) is 5.91 Å². The number of ether oxygens (including phenoxy) is 1. The van der Waals surface area contributed by atoms with Gasteiger partial charge in [0.05, 0.1) is 7.11 Å². The minimum atomic E-state index is -0.555. The molecule has 64 valence electrons. The molecular formula is C7H7BrN2O2. The first-order valence-corrected chi connectivity index (χ1v) is 3.93. The SMILES string of the molecule is COc1ncc(Br)cc1C(N)=O. The summed E-state index contributed by atoms with van der Waals surface area (Å²) in [6.45, 7) is 0. The van der Waals surface area contributed by atoms with Crippen LogP contribution in [0.5, 0.6) is 5.88 Å². The molecule has 0 aromatic carbocycles. The summed E-state index contributed by atoms with van der Waals surface area (Å²) in [5, 5.41) is 0. The van der Waals surface area contributed by atoms with E-state index in [1.54, 1.807) is 6.07 Å². The number of amides is 1. The number of carbonyl (C=O) groups is 1. The van der Waals surface area contributed by atoms with Crippen LogP contribution in [0.1, 0.15) is 10.4 Å². The van der Waals surface area contributed by atoms with Gasteiger partial charge in [0.2, 0.25) is 5.88 Å². The molecule has 1 heterocycles. The molecule has 0 saturated heterocycles. The lowest BCUT2D eigenvalue weighted by Gasteiger charge is -2.03. The van der Waals surface area contributed by atoms with Crippen molar-refractivity contribution in [3.8, 4) is 5.88 Å². The maximum absolute atomic E-state index is 10.8. The third-order valence-electron chi connectivity index (χ3n) is 1.28. The molecule has 0 aliphatic rings. The number of aromatic nitrogens is 1. The van der Waals surface area contributed by atoms with Gasteiger partial charge in [-0.1, -0.05) is 0 Å². The van der Waals surface area contributed by atoms with E-state index in [0.717, 1.165) is 0 Å². The van der Waals surface area contributed by atoms with Crippen molar-refractivity contribution >= 4 is 21.8 Å². The second-order valence-electron chi connectivity index (χ2n) is 2.07. The number of nitrogens with two attached hydrogens (primary N) is 1. The molecule has 1 aromatic rings. The van der Waals surface area contributed by atoms with Crippen LogP contribution in [0.2, 0.25) is 0 Å². The Labute approximate surface area is 77.9 Å². The molecule has 1 rings (SSSR count). The predicted molar refractivity (Wildman–Crippen MR) is 47.0 cm³/mol. The molecule has 5 heteroatoms. The van der Waals surface area contributed by atoms with Gasteiger partial charge in [-0.15, -0.1) is 0 Å². The highest BCUT2D eigenvalue weighted by Gasteiger charge is 2.09. The van der Waals surface area contributed by atoms with Gasteiger partial charge in [-0.3, -0.25) is 4.79 Å². The van der Waals surface area contributed by atoms with Crippen molar-refractivity contribution in [2.24, 2.45) is 5.73 Å². The van der Waals surface area contributed by atoms with Gasteiger partial charge in [0.1, 0.15) is 5.56 Å². The smallest absolute Gasteiger partial charge is 0.254 e. The van der Waals surface area contributed by atoms with E-state index in [1.807, 2.05) is 0 Å². The Morgan fingerprint density at radius 3 is 2.92 bits per heavy atom. The van der Waals surface area contributed by atoms with E-state index in [4.69, 9.17) is 10.5 Å². The quantitative estimate of drug-likeness (QED) is 0.823. The molecule has 0 radical (unpaired) electrons. The number of rotatable bonds is 2. The summed E-state index contributed by atoms with van der Waals surface area (Å²) in [5.41, 5.74) is 5.35. The summed E-state index contributed by atoms with van der Waals surface area (Å²) in [6.07, 6.45) is 1.53. The lowest BCUT2D eigenvalue weighted by atomic mass is 10.2. The molecule has 1 amide bonds. The molecule has 0 unspecified atom stereocenters. The minimum Gasteiger partial charge on any atom is -0.480 e. The Bertz CT molecular complexity index is 314. The zero-order valence-corrected chi connectivity index (χ0v) is 7.96. The van der Waals surface area contributed by atoms with Crippen molar-refractivity contribution in [1.82, 2.24) is 4.98 Å². The van der Waals surface area contributed by atoms with E-state index in [1.165, 1.54) is 13.3 Å². The van der Waals surface area contributed by atoms with Crippen molar-refractivity contribution in [2.75, 3.05) is 7.11 Å². The zero-order valence-electron chi connectivity index (χ0n) is 6.37. The molecule has 2 N–H and O–H groups in total. The van der Waals surface area contributed by atoms with Crippen molar-refractivity contribution in [1.29, 1.82) is 0 Å². The van der Waals surface area contributed by atoms with Gasteiger partial charge in [0, 0.05) is 10.7 Å². The zero-order chi connectivity index (χ0) is 9.14. The predicted octanol–water partition coefficient (Wildman–Crippen LogP) is 0.952. The topological polar surface area (TPSA) is 65.2 Å². The van der Waals surface area contributed by atoms with Crippen LogP contribution in [-0.2, 0) is 0 Å². The number of nitrogens with zero attached hydrogens (tertiary/aromatic N) is 1. The Morgan fingerprint density at radius 2 is 2.42 bits per heavy atom. The lowest BCUT2D eigenvalue weighted by molar-refractivity contribution is 0.0996. The van der Waals surface area contributed by atoms with Gasteiger partial charge >= 0.3 is 0 Å². The Morgan fingerprint density at radius 1 is 1.75 bits per heavy atom. The van der Waals surface area contributed by atoms with Crippen LogP contribution in [0.15, 0.2) is 16.7 Å². The highest BCUT2D eigenvalue weighted by atomic mass is 79.9. The molecule has 4 nitrogen and oxygen atoms in total. The van der Waals surface area contributed by atoms with E-state index < -0.39 is 5.91 Å². The first-order valence-electron chi connectivity index (χ1n) is 3.14. The summed E-state index contributed by atoms with van der Waals surface area (Å²) in [6, 6.07) is 1.56. The summed E-state index contributed by atoms with van der Waals surface area (Å²) < 4.78 is 5.52. The first-order chi connectivity index (χ1) is 5.65. The number of carbonyl (C=O) groups excluding carboxylic acids is 1. The van der Waals surface area contributed by atoms with Gasteiger partial charge in [-0.2, -0.15) is 0 Å². The van der Waals surface area contributed by atoms with E-state index >= 15 is 0 Å². The van der Waals surface area contributed by atoms with E-state index in [2.05, 4.69) is 20.9 Å². The third kappa shape index (κ3) is 1.73. The highest BCUT2D eigenvalue weighted by molar-refractivity contribution is 9.10. The van der Waals surface area contributed by atoms with Crippen LogP contribution in [0, 0.1) is 0 Å². The second-order valence-corrected chi connectivity index (χ2v) is 2.99. The standard InChI is InChI=1S/C7H7BrN2O2/c1-12-7-5(6(9)11)2-4(8)3-10-7/h2-3H,1H3,(H2,9,11). The molecule has 0 fully saturated rings. The van der Waals surface area contributed by atoms with Crippen molar-refractivity contribution in [3.63, 3.8) is 0 Å².